The Kier molecular flexibility index (Phi) is 11.3. The van der Waals surface area contributed by atoms with Gasteiger partial charge in [-0.15, -0.1) is 0 Å². The SMILES string of the molecule is CCCS(=O)(=O)N(C)c1cccc(C(=O)NC(Cc2ccccc2)C(O)CNCc2cccc(OCC)c2)c1. The Morgan fingerprint density at radius 1 is 0.974 bits per heavy atom. The summed E-state index contributed by atoms with van der Waals surface area (Å²) in [4.78, 5) is 13.3. The number of ether oxygens (including phenoxy) is 1. The average Bonchev–Trinajstić information content (AvgIpc) is 2.93. The highest BCUT2D eigenvalue weighted by Gasteiger charge is 2.23. The number of nitrogens with zero attached hydrogens (tertiary/aromatic N) is 1. The molecule has 3 aromatic rings. The van der Waals surface area contributed by atoms with Gasteiger partial charge in [-0.1, -0.05) is 55.5 Å². The highest BCUT2D eigenvalue weighted by atomic mass is 32.2. The molecule has 0 spiro atoms. The Balaban J connectivity index is 1.71. The summed E-state index contributed by atoms with van der Waals surface area (Å²) in [6, 6.07) is 23.3. The summed E-state index contributed by atoms with van der Waals surface area (Å²) < 4.78 is 31.8. The van der Waals surface area contributed by atoms with E-state index in [1.165, 1.54) is 11.4 Å². The van der Waals surface area contributed by atoms with Crippen LogP contribution in [-0.2, 0) is 23.0 Å². The van der Waals surface area contributed by atoms with Crippen LogP contribution in [0.2, 0.25) is 0 Å². The second-order valence-corrected chi connectivity index (χ2v) is 11.5. The lowest BCUT2D eigenvalue weighted by Gasteiger charge is -2.25. The minimum atomic E-state index is -3.48. The van der Waals surface area contributed by atoms with Gasteiger partial charge in [0, 0.05) is 25.7 Å². The molecular formula is C30H39N3O5S. The van der Waals surface area contributed by atoms with Gasteiger partial charge in [-0.25, -0.2) is 8.42 Å². The quantitative estimate of drug-likeness (QED) is 0.265. The number of carbonyl (C=O) groups is 1. The number of hydrogen-bond donors (Lipinski definition) is 3. The van der Waals surface area contributed by atoms with E-state index in [0.29, 0.717) is 37.2 Å². The Hall–Kier alpha value is -3.40. The molecule has 2 atom stereocenters. The first-order valence-electron chi connectivity index (χ1n) is 13.3. The molecule has 0 aliphatic carbocycles. The zero-order valence-corrected chi connectivity index (χ0v) is 23.7. The Bertz CT molecular complexity index is 1300. The number of benzene rings is 3. The molecule has 2 unspecified atom stereocenters. The van der Waals surface area contributed by atoms with Crippen molar-refractivity contribution < 1.29 is 23.1 Å². The zero-order chi connectivity index (χ0) is 28.3. The van der Waals surface area contributed by atoms with Gasteiger partial charge < -0.3 is 20.5 Å². The molecule has 0 aliphatic rings. The van der Waals surface area contributed by atoms with Crippen LogP contribution >= 0.6 is 0 Å². The molecule has 0 saturated carbocycles. The van der Waals surface area contributed by atoms with Gasteiger partial charge in [0.2, 0.25) is 10.0 Å². The predicted molar refractivity (Wildman–Crippen MR) is 156 cm³/mol. The van der Waals surface area contributed by atoms with E-state index in [1.807, 2.05) is 61.5 Å². The largest absolute Gasteiger partial charge is 0.494 e. The molecule has 0 fully saturated rings. The smallest absolute Gasteiger partial charge is 0.251 e. The molecule has 210 valence electrons. The zero-order valence-electron chi connectivity index (χ0n) is 22.8. The molecule has 3 aromatic carbocycles. The molecule has 3 rings (SSSR count). The van der Waals surface area contributed by atoms with Crippen LogP contribution in [0.15, 0.2) is 78.9 Å². The van der Waals surface area contributed by atoms with E-state index >= 15 is 0 Å². The van der Waals surface area contributed by atoms with Crippen molar-refractivity contribution in [3.63, 3.8) is 0 Å². The van der Waals surface area contributed by atoms with Gasteiger partial charge in [-0.05, 0) is 61.2 Å². The summed E-state index contributed by atoms with van der Waals surface area (Å²) in [5.41, 5.74) is 2.73. The van der Waals surface area contributed by atoms with Gasteiger partial charge in [0.25, 0.3) is 5.91 Å². The lowest BCUT2D eigenvalue weighted by molar-refractivity contribution is 0.0830. The third-order valence-corrected chi connectivity index (χ3v) is 8.29. The molecule has 0 bridgehead atoms. The van der Waals surface area contributed by atoms with Crippen molar-refractivity contribution in [3.05, 3.63) is 95.6 Å². The predicted octanol–water partition coefficient (Wildman–Crippen LogP) is 3.75. The maximum atomic E-state index is 13.3. The minimum absolute atomic E-state index is 0.0220. The number of hydrogen-bond acceptors (Lipinski definition) is 6. The lowest BCUT2D eigenvalue weighted by atomic mass is 10.00. The molecule has 0 heterocycles. The molecule has 0 radical (unpaired) electrons. The summed E-state index contributed by atoms with van der Waals surface area (Å²) >= 11 is 0. The molecule has 9 heteroatoms. The summed E-state index contributed by atoms with van der Waals surface area (Å²) in [6.07, 6.45) is 0.0532. The van der Waals surface area contributed by atoms with Crippen LogP contribution in [0, 0.1) is 0 Å². The van der Waals surface area contributed by atoms with Crippen molar-refractivity contribution in [2.75, 3.05) is 30.3 Å². The van der Waals surface area contributed by atoms with Gasteiger partial charge in [0.1, 0.15) is 5.75 Å². The number of aliphatic hydroxyl groups is 1. The molecule has 3 N–H and O–H groups in total. The molecule has 0 aliphatic heterocycles. The Labute approximate surface area is 232 Å². The molecule has 39 heavy (non-hydrogen) atoms. The van der Waals surface area contributed by atoms with Crippen LogP contribution in [0.3, 0.4) is 0 Å². The van der Waals surface area contributed by atoms with Crippen molar-refractivity contribution in [2.24, 2.45) is 0 Å². The van der Waals surface area contributed by atoms with E-state index in [0.717, 1.165) is 16.9 Å². The number of rotatable bonds is 15. The maximum Gasteiger partial charge on any atom is 0.251 e. The van der Waals surface area contributed by atoms with Crippen molar-refractivity contribution in [1.82, 2.24) is 10.6 Å². The summed E-state index contributed by atoms with van der Waals surface area (Å²) in [7, 11) is -1.99. The number of sulfonamides is 1. The van der Waals surface area contributed by atoms with Gasteiger partial charge in [0.05, 0.1) is 30.2 Å². The minimum Gasteiger partial charge on any atom is -0.494 e. The average molecular weight is 554 g/mol. The second-order valence-electron chi connectivity index (χ2n) is 9.38. The standard InChI is InChI=1S/C30H39N3O5S/c1-4-17-39(36,37)33(3)26-15-10-14-25(20-26)30(35)32-28(19-23-11-7-6-8-12-23)29(34)22-31-21-24-13-9-16-27(18-24)38-5-2/h6-16,18,20,28-29,31,34H,4-5,17,19,21-22H2,1-3H3,(H,32,35). The highest BCUT2D eigenvalue weighted by Crippen LogP contribution is 2.19. The molecule has 0 aromatic heterocycles. The maximum absolute atomic E-state index is 13.3. The third-order valence-electron chi connectivity index (χ3n) is 6.32. The normalized spacial score (nSPS) is 12.9. The van der Waals surface area contributed by atoms with Crippen molar-refractivity contribution in [1.29, 1.82) is 0 Å². The third kappa shape index (κ3) is 9.09. The molecule has 8 nitrogen and oxygen atoms in total. The second kappa shape index (κ2) is 14.7. The first-order chi connectivity index (χ1) is 18.7. The lowest BCUT2D eigenvalue weighted by Crippen LogP contribution is -2.48. The van der Waals surface area contributed by atoms with E-state index in [-0.39, 0.29) is 18.2 Å². The van der Waals surface area contributed by atoms with Gasteiger partial charge in [-0.3, -0.25) is 9.10 Å². The van der Waals surface area contributed by atoms with Crippen molar-refractivity contribution in [3.8, 4) is 5.75 Å². The first-order valence-corrected chi connectivity index (χ1v) is 14.9. The van der Waals surface area contributed by atoms with Crippen LogP contribution in [0.1, 0.15) is 41.8 Å². The topological polar surface area (TPSA) is 108 Å². The summed E-state index contributed by atoms with van der Waals surface area (Å²) in [6.45, 7) is 5.12. The number of aliphatic hydroxyl groups excluding tert-OH is 1. The van der Waals surface area contributed by atoms with E-state index in [4.69, 9.17) is 4.74 Å². The molecule has 0 saturated heterocycles. The van der Waals surface area contributed by atoms with Gasteiger partial charge in [0.15, 0.2) is 0 Å². The number of amides is 1. The van der Waals surface area contributed by atoms with Crippen LogP contribution < -0.4 is 19.7 Å². The number of anilines is 1. The van der Waals surface area contributed by atoms with Crippen LogP contribution in [0.4, 0.5) is 5.69 Å². The van der Waals surface area contributed by atoms with Gasteiger partial charge in [-0.2, -0.15) is 0 Å². The number of nitrogens with one attached hydrogen (secondary N) is 2. The Morgan fingerprint density at radius 3 is 2.41 bits per heavy atom. The van der Waals surface area contributed by atoms with E-state index in [9.17, 15) is 18.3 Å². The Morgan fingerprint density at radius 2 is 1.69 bits per heavy atom. The fourth-order valence-corrected chi connectivity index (χ4v) is 5.44. The summed E-state index contributed by atoms with van der Waals surface area (Å²) in [5, 5.41) is 17.3. The van der Waals surface area contributed by atoms with Crippen LogP contribution in [0.25, 0.3) is 0 Å². The van der Waals surface area contributed by atoms with Crippen LogP contribution in [0.5, 0.6) is 5.75 Å². The van der Waals surface area contributed by atoms with E-state index in [1.54, 1.807) is 31.2 Å². The number of carbonyl (C=O) groups excluding carboxylic acids is 1. The van der Waals surface area contributed by atoms with Gasteiger partial charge >= 0.3 is 0 Å². The van der Waals surface area contributed by atoms with Crippen molar-refractivity contribution in [2.45, 2.75) is 45.4 Å². The monoisotopic (exact) mass is 553 g/mol. The summed E-state index contributed by atoms with van der Waals surface area (Å²) in [5.74, 6) is 0.429. The van der Waals surface area contributed by atoms with Crippen molar-refractivity contribution >= 4 is 21.6 Å². The fraction of sp³-hybridized carbons (Fsp3) is 0.367. The first kappa shape index (κ1) is 30.1. The fourth-order valence-electron chi connectivity index (χ4n) is 4.22. The molecule has 1 amide bonds. The molecular weight excluding hydrogens is 514 g/mol. The van der Waals surface area contributed by atoms with Crippen LogP contribution in [-0.4, -0.2) is 57.5 Å². The van der Waals surface area contributed by atoms with E-state index in [2.05, 4.69) is 10.6 Å². The van der Waals surface area contributed by atoms with E-state index < -0.39 is 22.2 Å². The highest BCUT2D eigenvalue weighted by molar-refractivity contribution is 7.92.